The molecule has 0 aromatic carbocycles. The number of rotatable bonds is 4. The van der Waals surface area contributed by atoms with Crippen molar-refractivity contribution in [3.63, 3.8) is 0 Å². The Hall–Kier alpha value is -2.50. The van der Waals surface area contributed by atoms with Crippen molar-refractivity contribution in [3.8, 4) is 11.5 Å². The summed E-state index contributed by atoms with van der Waals surface area (Å²) in [6.07, 6.45) is 3.59. The number of aromatic nitrogens is 3. The molecule has 3 aromatic rings. The van der Waals surface area contributed by atoms with Crippen LogP contribution in [0.5, 0.6) is 0 Å². The third-order valence-electron chi connectivity index (χ3n) is 2.99. The highest BCUT2D eigenvalue weighted by atomic mass is 16.4. The maximum absolute atomic E-state index is 5.54. The molecule has 6 heteroatoms. The second-order valence-electron chi connectivity index (χ2n) is 4.27. The van der Waals surface area contributed by atoms with E-state index in [2.05, 4.69) is 15.5 Å². The third kappa shape index (κ3) is 2.24. The van der Waals surface area contributed by atoms with Gasteiger partial charge in [0.15, 0.2) is 0 Å². The van der Waals surface area contributed by atoms with E-state index in [9.17, 15) is 0 Å². The summed E-state index contributed by atoms with van der Waals surface area (Å²) < 4.78 is 12.8. The molecule has 0 aliphatic rings. The molecular weight excluding hydrogens is 244 g/mol. The van der Waals surface area contributed by atoms with Crippen molar-refractivity contribution in [2.75, 3.05) is 5.32 Å². The fourth-order valence-electron chi connectivity index (χ4n) is 1.86. The van der Waals surface area contributed by atoms with Gasteiger partial charge in [0.1, 0.15) is 5.76 Å². The lowest BCUT2D eigenvalue weighted by Gasteiger charge is -2.02. The fraction of sp³-hybridized carbons (Fsp3) is 0.231. The Morgan fingerprint density at radius 3 is 2.89 bits per heavy atom. The largest absolute Gasteiger partial charge is 0.469 e. The summed E-state index contributed by atoms with van der Waals surface area (Å²) >= 11 is 0. The van der Waals surface area contributed by atoms with Gasteiger partial charge >= 0.3 is 6.01 Å². The molecule has 0 bridgehead atoms. The van der Waals surface area contributed by atoms with Gasteiger partial charge in [-0.3, -0.25) is 0 Å². The number of hydrogen-bond donors (Lipinski definition) is 1. The van der Waals surface area contributed by atoms with Crippen LogP contribution in [0.15, 0.2) is 39.5 Å². The zero-order valence-corrected chi connectivity index (χ0v) is 10.8. The summed E-state index contributed by atoms with van der Waals surface area (Å²) in [6, 6.07) is 6.23. The van der Waals surface area contributed by atoms with Gasteiger partial charge in [-0.1, -0.05) is 5.10 Å². The molecule has 0 unspecified atom stereocenters. The number of anilines is 1. The zero-order valence-electron chi connectivity index (χ0n) is 10.8. The van der Waals surface area contributed by atoms with Crippen LogP contribution in [0.2, 0.25) is 0 Å². The summed E-state index contributed by atoms with van der Waals surface area (Å²) in [4.78, 5) is 0. The fourth-order valence-corrected chi connectivity index (χ4v) is 1.86. The van der Waals surface area contributed by atoms with Crippen LogP contribution in [-0.4, -0.2) is 14.8 Å². The summed E-state index contributed by atoms with van der Waals surface area (Å²) in [6.45, 7) is 2.49. The molecule has 0 radical (unpaired) electrons. The van der Waals surface area contributed by atoms with Gasteiger partial charge in [0.25, 0.3) is 5.89 Å². The van der Waals surface area contributed by atoms with E-state index < -0.39 is 0 Å². The van der Waals surface area contributed by atoms with E-state index in [4.69, 9.17) is 8.83 Å². The quantitative estimate of drug-likeness (QED) is 0.779. The van der Waals surface area contributed by atoms with Gasteiger partial charge in [0, 0.05) is 18.9 Å². The first kappa shape index (κ1) is 11.6. The topological polar surface area (TPSA) is 69.0 Å². The van der Waals surface area contributed by atoms with E-state index in [1.54, 1.807) is 6.26 Å². The van der Waals surface area contributed by atoms with E-state index in [0.29, 0.717) is 18.5 Å². The van der Waals surface area contributed by atoms with Crippen molar-refractivity contribution in [1.82, 2.24) is 14.8 Å². The smallest absolute Gasteiger partial charge is 0.316 e. The van der Waals surface area contributed by atoms with E-state index in [0.717, 1.165) is 17.0 Å². The van der Waals surface area contributed by atoms with Crippen molar-refractivity contribution >= 4 is 6.01 Å². The van der Waals surface area contributed by atoms with Gasteiger partial charge < -0.3 is 18.7 Å². The molecule has 3 rings (SSSR count). The van der Waals surface area contributed by atoms with Gasteiger partial charge in [0.05, 0.1) is 18.4 Å². The van der Waals surface area contributed by atoms with Crippen LogP contribution in [0.4, 0.5) is 6.01 Å². The Labute approximate surface area is 110 Å². The molecule has 1 N–H and O–H groups in total. The van der Waals surface area contributed by atoms with Crippen LogP contribution in [0.3, 0.4) is 0 Å². The average molecular weight is 258 g/mol. The highest BCUT2D eigenvalue weighted by Crippen LogP contribution is 2.24. The predicted molar refractivity (Wildman–Crippen MR) is 69.5 cm³/mol. The Balaban J connectivity index is 1.72. The monoisotopic (exact) mass is 258 g/mol. The van der Waals surface area contributed by atoms with Crippen LogP contribution >= 0.6 is 0 Å². The highest BCUT2D eigenvalue weighted by Gasteiger charge is 2.12. The molecule has 0 fully saturated rings. The summed E-state index contributed by atoms with van der Waals surface area (Å²) in [5.41, 5.74) is 1.96. The first-order chi connectivity index (χ1) is 9.24. The molecule has 0 amide bonds. The molecule has 0 saturated carbocycles. The molecule has 0 aliphatic carbocycles. The summed E-state index contributed by atoms with van der Waals surface area (Å²) in [5.74, 6) is 1.22. The zero-order chi connectivity index (χ0) is 13.2. The van der Waals surface area contributed by atoms with E-state index in [1.165, 1.54) is 0 Å². The van der Waals surface area contributed by atoms with E-state index >= 15 is 0 Å². The maximum atomic E-state index is 5.54. The van der Waals surface area contributed by atoms with Gasteiger partial charge in [-0.2, -0.15) is 0 Å². The molecule has 6 nitrogen and oxygen atoms in total. The van der Waals surface area contributed by atoms with E-state index in [-0.39, 0.29) is 0 Å². The molecule has 19 heavy (non-hydrogen) atoms. The van der Waals surface area contributed by atoms with Crippen molar-refractivity contribution in [3.05, 3.63) is 42.1 Å². The van der Waals surface area contributed by atoms with Gasteiger partial charge in [-0.25, -0.2) is 0 Å². The summed E-state index contributed by atoms with van der Waals surface area (Å²) in [7, 11) is 1.99. The van der Waals surface area contributed by atoms with Crippen molar-refractivity contribution in [2.24, 2.45) is 7.05 Å². The van der Waals surface area contributed by atoms with E-state index in [1.807, 2.05) is 42.9 Å². The lowest BCUT2D eigenvalue weighted by Crippen LogP contribution is -2.03. The van der Waals surface area contributed by atoms with Gasteiger partial charge in [-0.15, -0.1) is 5.10 Å². The molecular formula is C13H14N4O2. The Kier molecular flexibility index (Phi) is 2.83. The van der Waals surface area contributed by atoms with Crippen molar-refractivity contribution in [2.45, 2.75) is 13.5 Å². The van der Waals surface area contributed by atoms with Crippen LogP contribution in [0.25, 0.3) is 11.5 Å². The van der Waals surface area contributed by atoms with Gasteiger partial charge in [-0.05, 0) is 25.1 Å². The summed E-state index contributed by atoms with van der Waals surface area (Å²) in [5, 5.41) is 11.1. The normalized spacial score (nSPS) is 10.8. The Bertz CT molecular complexity index is 680. The second kappa shape index (κ2) is 4.64. The van der Waals surface area contributed by atoms with Crippen LogP contribution in [0.1, 0.15) is 11.5 Å². The molecule has 3 heterocycles. The third-order valence-corrected chi connectivity index (χ3v) is 2.99. The number of nitrogens with zero attached hydrogens (tertiary/aromatic N) is 3. The molecule has 0 spiro atoms. The van der Waals surface area contributed by atoms with Crippen molar-refractivity contribution < 1.29 is 8.83 Å². The molecule has 0 atom stereocenters. The maximum Gasteiger partial charge on any atom is 0.316 e. The minimum absolute atomic E-state index is 0.400. The SMILES string of the molecule is Cc1occc1-c1nnc(NCc2cccn2C)o1. The minimum atomic E-state index is 0.400. The van der Waals surface area contributed by atoms with Crippen molar-refractivity contribution in [1.29, 1.82) is 0 Å². The Morgan fingerprint density at radius 2 is 2.21 bits per heavy atom. The minimum Gasteiger partial charge on any atom is -0.469 e. The van der Waals surface area contributed by atoms with Crippen LogP contribution < -0.4 is 5.32 Å². The Morgan fingerprint density at radius 1 is 1.32 bits per heavy atom. The lowest BCUT2D eigenvalue weighted by atomic mass is 10.3. The van der Waals surface area contributed by atoms with Gasteiger partial charge in [0.2, 0.25) is 0 Å². The molecule has 0 aliphatic heterocycles. The lowest BCUT2D eigenvalue weighted by molar-refractivity contribution is 0.530. The van der Waals surface area contributed by atoms with Crippen LogP contribution in [0, 0.1) is 6.92 Å². The molecule has 3 aromatic heterocycles. The molecule has 98 valence electrons. The number of hydrogen-bond acceptors (Lipinski definition) is 5. The number of nitrogens with one attached hydrogen (secondary N) is 1. The first-order valence-corrected chi connectivity index (χ1v) is 5.96. The van der Waals surface area contributed by atoms with Crippen LogP contribution in [-0.2, 0) is 13.6 Å². The predicted octanol–water partition coefficient (Wildman–Crippen LogP) is 2.59. The second-order valence-corrected chi connectivity index (χ2v) is 4.27. The number of aryl methyl sites for hydroxylation is 2. The highest BCUT2D eigenvalue weighted by molar-refractivity contribution is 5.55. The number of furan rings is 1. The average Bonchev–Trinajstić information content (AvgIpc) is 3.08. The molecule has 0 saturated heterocycles. The standard InChI is InChI=1S/C13H14N4O2/c1-9-11(5-7-18-9)12-15-16-13(19-12)14-8-10-4-3-6-17(10)2/h3-7H,8H2,1-2H3,(H,14,16). The first-order valence-electron chi connectivity index (χ1n) is 5.96.